The maximum absolute atomic E-state index is 13.0. The average molecular weight is 460 g/mol. The standard InChI is InChI=1S/C19H33N5O8/c1-10(2)6-12(18(30)24-5-3-4-14(24)19(31)32)23-17(29)13(9-26)22-15(27)7-21-16(28)11(20)8-25/h10-14,25-26H,3-9,20H2,1-2H3,(H,21,28)(H,22,27)(H,23,29)(H,31,32)/t11-,12-,13-,14-/m0/s1. The molecule has 0 aromatic heterocycles. The number of carboxylic acid groups (broad SMARTS) is 1. The number of carboxylic acids is 1. The van der Waals surface area contributed by atoms with Crippen LogP contribution in [0.4, 0.5) is 0 Å². The van der Waals surface area contributed by atoms with E-state index in [0.29, 0.717) is 12.8 Å². The van der Waals surface area contributed by atoms with E-state index < -0.39 is 73.5 Å². The third-order valence-electron chi connectivity index (χ3n) is 4.93. The van der Waals surface area contributed by atoms with E-state index in [9.17, 15) is 34.2 Å². The summed E-state index contributed by atoms with van der Waals surface area (Å²) in [5.74, 6) is -4.06. The minimum absolute atomic E-state index is 0.0109. The van der Waals surface area contributed by atoms with Crippen LogP contribution in [-0.2, 0) is 24.0 Å². The molecule has 0 radical (unpaired) electrons. The van der Waals surface area contributed by atoms with Crippen molar-refractivity contribution in [3.05, 3.63) is 0 Å². The molecule has 0 aromatic carbocycles. The number of hydrogen-bond donors (Lipinski definition) is 7. The highest BCUT2D eigenvalue weighted by Gasteiger charge is 2.38. The normalized spacial score (nSPS) is 18.6. The Balaban J connectivity index is 2.78. The minimum atomic E-state index is -1.40. The molecule has 32 heavy (non-hydrogen) atoms. The number of carbonyl (C=O) groups is 5. The van der Waals surface area contributed by atoms with Crippen LogP contribution >= 0.6 is 0 Å². The Morgan fingerprint density at radius 1 is 1.03 bits per heavy atom. The predicted octanol–water partition coefficient (Wildman–Crippen LogP) is -3.49. The first-order chi connectivity index (χ1) is 15.0. The van der Waals surface area contributed by atoms with Gasteiger partial charge in [0.05, 0.1) is 19.8 Å². The molecule has 1 saturated heterocycles. The zero-order chi connectivity index (χ0) is 24.4. The third-order valence-corrected chi connectivity index (χ3v) is 4.93. The quantitative estimate of drug-likeness (QED) is 0.154. The molecule has 4 atom stereocenters. The molecule has 8 N–H and O–H groups in total. The van der Waals surface area contributed by atoms with Gasteiger partial charge in [-0.05, 0) is 25.2 Å². The second-order valence-electron chi connectivity index (χ2n) is 8.03. The molecule has 13 nitrogen and oxygen atoms in total. The van der Waals surface area contributed by atoms with Crippen molar-refractivity contribution in [2.45, 2.75) is 57.3 Å². The summed E-state index contributed by atoms with van der Waals surface area (Å²) in [4.78, 5) is 61.7. The number of likely N-dealkylation sites (tertiary alicyclic amines) is 1. The van der Waals surface area contributed by atoms with Crippen LogP contribution < -0.4 is 21.7 Å². The lowest BCUT2D eigenvalue weighted by molar-refractivity contribution is -0.149. The highest BCUT2D eigenvalue weighted by Crippen LogP contribution is 2.20. The topological polar surface area (TPSA) is 211 Å². The molecule has 0 saturated carbocycles. The summed E-state index contributed by atoms with van der Waals surface area (Å²) in [5, 5.41) is 34.6. The summed E-state index contributed by atoms with van der Waals surface area (Å²) in [7, 11) is 0. The number of nitrogens with one attached hydrogen (secondary N) is 3. The van der Waals surface area contributed by atoms with Crippen LogP contribution in [-0.4, -0.2) is 100 Å². The maximum Gasteiger partial charge on any atom is 0.326 e. The smallest absolute Gasteiger partial charge is 0.326 e. The van der Waals surface area contributed by atoms with E-state index in [0.717, 1.165) is 0 Å². The van der Waals surface area contributed by atoms with Gasteiger partial charge in [0, 0.05) is 6.54 Å². The van der Waals surface area contributed by atoms with Gasteiger partial charge >= 0.3 is 5.97 Å². The Labute approximate surface area is 185 Å². The third kappa shape index (κ3) is 8.05. The molecule has 1 fully saturated rings. The van der Waals surface area contributed by atoms with Crippen LogP contribution in [0.15, 0.2) is 0 Å². The van der Waals surface area contributed by atoms with Crippen molar-refractivity contribution in [1.82, 2.24) is 20.9 Å². The summed E-state index contributed by atoms with van der Waals surface area (Å²) in [6, 6.07) is -4.60. The summed E-state index contributed by atoms with van der Waals surface area (Å²) >= 11 is 0. The van der Waals surface area contributed by atoms with Gasteiger partial charge in [-0.25, -0.2) is 4.79 Å². The largest absolute Gasteiger partial charge is 0.480 e. The van der Waals surface area contributed by atoms with E-state index in [2.05, 4.69) is 16.0 Å². The lowest BCUT2D eigenvalue weighted by Gasteiger charge is -2.29. The molecule has 182 valence electrons. The number of hydrogen-bond acceptors (Lipinski definition) is 8. The molecule has 0 aromatic rings. The number of nitrogens with zero attached hydrogens (tertiary/aromatic N) is 1. The monoisotopic (exact) mass is 459 g/mol. The van der Waals surface area contributed by atoms with Crippen LogP contribution in [0.5, 0.6) is 0 Å². The van der Waals surface area contributed by atoms with Gasteiger partial charge in [0.2, 0.25) is 23.6 Å². The molecule has 1 aliphatic rings. The van der Waals surface area contributed by atoms with Gasteiger partial charge in [-0.2, -0.15) is 0 Å². The van der Waals surface area contributed by atoms with Crippen molar-refractivity contribution in [1.29, 1.82) is 0 Å². The molecule has 13 heteroatoms. The summed E-state index contributed by atoms with van der Waals surface area (Å²) < 4.78 is 0. The van der Waals surface area contributed by atoms with Crippen molar-refractivity contribution in [2.75, 3.05) is 26.3 Å². The van der Waals surface area contributed by atoms with Crippen molar-refractivity contribution < 1.29 is 39.3 Å². The molecule has 4 amide bonds. The lowest BCUT2D eigenvalue weighted by atomic mass is 10.0. The number of aliphatic hydroxyl groups excluding tert-OH is 2. The zero-order valence-electron chi connectivity index (χ0n) is 18.2. The maximum atomic E-state index is 13.0. The first-order valence-corrected chi connectivity index (χ1v) is 10.4. The van der Waals surface area contributed by atoms with Gasteiger partial charge in [0.15, 0.2) is 0 Å². The second-order valence-corrected chi connectivity index (χ2v) is 8.03. The van der Waals surface area contributed by atoms with Gasteiger partial charge in [-0.1, -0.05) is 13.8 Å². The van der Waals surface area contributed by atoms with Crippen molar-refractivity contribution in [2.24, 2.45) is 11.7 Å². The summed E-state index contributed by atoms with van der Waals surface area (Å²) in [6.07, 6.45) is 1.09. The SMILES string of the molecule is CC(C)C[C@H](NC(=O)[C@H](CO)NC(=O)CNC(=O)[C@@H](N)CO)C(=O)N1CCC[C@H]1C(=O)O. The Bertz CT molecular complexity index is 701. The molecule has 0 aliphatic carbocycles. The molecular weight excluding hydrogens is 426 g/mol. The minimum Gasteiger partial charge on any atom is -0.480 e. The number of aliphatic carboxylic acids is 1. The molecular formula is C19H33N5O8. The first kappa shape index (κ1) is 27.3. The highest BCUT2D eigenvalue weighted by molar-refractivity contribution is 5.94. The van der Waals surface area contributed by atoms with E-state index in [1.54, 1.807) is 0 Å². The molecule has 1 aliphatic heterocycles. The Hall–Kier alpha value is -2.77. The van der Waals surface area contributed by atoms with E-state index >= 15 is 0 Å². The van der Waals surface area contributed by atoms with Gasteiger partial charge in [0.1, 0.15) is 24.2 Å². The van der Waals surface area contributed by atoms with Crippen LogP contribution in [0, 0.1) is 5.92 Å². The Morgan fingerprint density at radius 3 is 2.22 bits per heavy atom. The first-order valence-electron chi connectivity index (χ1n) is 10.4. The molecule has 0 unspecified atom stereocenters. The van der Waals surface area contributed by atoms with Gasteiger partial charge in [-0.3, -0.25) is 19.2 Å². The molecule has 1 heterocycles. The van der Waals surface area contributed by atoms with Gasteiger partial charge in [0.25, 0.3) is 0 Å². The zero-order valence-corrected chi connectivity index (χ0v) is 18.2. The van der Waals surface area contributed by atoms with Crippen molar-refractivity contribution in [3.8, 4) is 0 Å². The summed E-state index contributed by atoms with van der Waals surface area (Å²) in [5.41, 5.74) is 5.31. The van der Waals surface area contributed by atoms with Crippen LogP contribution in [0.3, 0.4) is 0 Å². The number of nitrogens with two attached hydrogens (primary N) is 1. The van der Waals surface area contributed by atoms with Gasteiger partial charge in [-0.15, -0.1) is 0 Å². The number of aliphatic hydroxyl groups is 2. The lowest BCUT2D eigenvalue weighted by Crippen LogP contribution is -2.57. The fourth-order valence-corrected chi connectivity index (χ4v) is 3.27. The van der Waals surface area contributed by atoms with Crippen LogP contribution in [0.2, 0.25) is 0 Å². The van der Waals surface area contributed by atoms with Crippen molar-refractivity contribution in [3.63, 3.8) is 0 Å². The molecule has 0 bridgehead atoms. The van der Waals surface area contributed by atoms with E-state index in [1.165, 1.54) is 4.90 Å². The van der Waals surface area contributed by atoms with Crippen molar-refractivity contribution >= 4 is 29.6 Å². The van der Waals surface area contributed by atoms with E-state index in [4.69, 9.17) is 10.8 Å². The number of amides is 4. The fraction of sp³-hybridized carbons (Fsp3) is 0.737. The Kier molecular flexibility index (Phi) is 11.0. The average Bonchev–Trinajstić information content (AvgIpc) is 3.23. The summed E-state index contributed by atoms with van der Waals surface area (Å²) in [6.45, 7) is 1.99. The fourth-order valence-electron chi connectivity index (χ4n) is 3.27. The molecule has 1 rings (SSSR count). The number of rotatable bonds is 12. The van der Waals surface area contributed by atoms with E-state index in [-0.39, 0.29) is 18.9 Å². The Morgan fingerprint density at radius 2 is 1.69 bits per heavy atom. The second kappa shape index (κ2) is 12.9. The predicted molar refractivity (Wildman–Crippen MR) is 111 cm³/mol. The van der Waals surface area contributed by atoms with E-state index in [1.807, 2.05) is 13.8 Å². The van der Waals surface area contributed by atoms with Crippen LogP contribution in [0.25, 0.3) is 0 Å². The van der Waals surface area contributed by atoms with Gasteiger partial charge < -0.3 is 41.9 Å². The highest BCUT2D eigenvalue weighted by atomic mass is 16.4. The number of carbonyl (C=O) groups excluding carboxylic acids is 4. The van der Waals surface area contributed by atoms with Crippen LogP contribution in [0.1, 0.15) is 33.1 Å². The molecule has 0 spiro atoms.